The maximum absolute atomic E-state index is 11.9. The van der Waals surface area contributed by atoms with Crippen molar-refractivity contribution < 1.29 is 14.3 Å². The molecule has 0 saturated heterocycles. The summed E-state index contributed by atoms with van der Waals surface area (Å²) in [5.74, 6) is -0.926. The Bertz CT molecular complexity index is 831. The topological polar surface area (TPSA) is 69.2 Å². The number of para-hydroxylation sites is 2. The molecule has 3 rings (SSSR count). The first-order chi connectivity index (χ1) is 10.7. The predicted molar refractivity (Wildman–Crippen MR) is 80.6 cm³/mol. The van der Waals surface area contributed by atoms with Crippen LogP contribution in [0, 0.1) is 0 Å². The Morgan fingerprint density at radius 3 is 2.36 bits per heavy atom. The number of ketones is 1. The van der Waals surface area contributed by atoms with E-state index in [2.05, 4.69) is 9.97 Å². The smallest absolute Gasteiger partial charge is 0.359 e. The molecule has 108 valence electrons. The fourth-order valence-electron chi connectivity index (χ4n) is 1.97. The van der Waals surface area contributed by atoms with Gasteiger partial charge in [-0.25, -0.2) is 9.78 Å². The third-order valence-electron chi connectivity index (χ3n) is 3.09. The second kappa shape index (κ2) is 6.13. The lowest BCUT2D eigenvalue weighted by atomic mass is 10.1. The molecular weight excluding hydrogens is 280 g/mol. The molecule has 0 bridgehead atoms. The number of carbonyl (C=O) groups is 2. The molecule has 0 atom stereocenters. The minimum absolute atomic E-state index is 0.0829. The van der Waals surface area contributed by atoms with E-state index in [1.54, 1.807) is 36.4 Å². The molecule has 0 N–H and O–H groups in total. The highest BCUT2D eigenvalue weighted by Crippen LogP contribution is 2.09. The molecule has 1 aromatic heterocycles. The van der Waals surface area contributed by atoms with Crippen molar-refractivity contribution in [2.45, 2.75) is 0 Å². The monoisotopic (exact) mass is 292 g/mol. The molecule has 5 nitrogen and oxygen atoms in total. The lowest BCUT2D eigenvalue weighted by Gasteiger charge is -2.04. The highest BCUT2D eigenvalue weighted by atomic mass is 16.5. The lowest BCUT2D eigenvalue weighted by molar-refractivity contribution is 0.0469. The number of benzene rings is 2. The Balaban J connectivity index is 1.69. The Hall–Kier alpha value is -3.08. The lowest BCUT2D eigenvalue weighted by Crippen LogP contribution is -2.15. The molecule has 3 aromatic rings. The van der Waals surface area contributed by atoms with E-state index >= 15 is 0 Å². The van der Waals surface area contributed by atoms with Gasteiger partial charge in [0, 0.05) is 5.56 Å². The van der Waals surface area contributed by atoms with Crippen LogP contribution in [0.1, 0.15) is 20.8 Å². The highest BCUT2D eigenvalue weighted by molar-refractivity contribution is 5.99. The van der Waals surface area contributed by atoms with E-state index in [0.717, 1.165) is 0 Å². The number of nitrogens with zero attached hydrogens (tertiary/aromatic N) is 2. The number of carbonyl (C=O) groups excluding carboxylic acids is 2. The fourth-order valence-corrected chi connectivity index (χ4v) is 1.97. The van der Waals surface area contributed by atoms with Crippen LogP contribution in [0.15, 0.2) is 60.8 Å². The summed E-state index contributed by atoms with van der Waals surface area (Å²) in [4.78, 5) is 32.1. The fraction of sp³-hybridized carbons (Fsp3) is 0.0588. The summed E-state index contributed by atoms with van der Waals surface area (Å²) < 4.78 is 5.00. The average Bonchev–Trinajstić information content (AvgIpc) is 2.59. The van der Waals surface area contributed by atoms with Crippen LogP contribution in [0.3, 0.4) is 0 Å². The van der Waals surface area contributed by atoms with Gasteiger partial charge in [0.15, 0.2) is 18.1 Å². The van der Waals surface area contributed by atoms with E-state index in [-0.39, 0.29) is 18.1 Å². The van der Waals surface area contributed by atoms with Gasteiger partial charge in [0.1, 0.15) is 0 Å². The van der Waals surface area contributed by atoms with Gasteiger partial charge in [-0.15, -0.1) is 0 Å². The van der Waals surface area contributed by atoms with Gasteiger partial charge in [-0.05, 0) is 12.1 Å². The van der Waals surface area contributed by atoms with Gasteiger partial charge in [-0.2, -0.15) is 0 Å². The standard InChI is InChI=1S/C17H12N2O3/c20-16(12-6-2-1-3-7-12)11-22-17(21)15-10-18-13-8-4-5-9-14(13)19-15/h1-10H,11H2. The summed E-state index contributed by atoms with van der Waals surface area (Å²) in [5, 5.41) is 0. The average molecular weight is 292 g/mol. The number of ether oxygens (including phenoxy) is 1. The number of Topliss-reactive ketones (excluding diaryl/α,β-unsaturated/α-hetero) is 1. The zero-order valence-electron chi connectivity index (χ0n) is 11.6. The zero-order valence-corrected chi connectivity index (χ0v) is 11.6. The van der Waals surface area contributed by atoms with Crippen LogP contribution in [-0.4, -0.2) is 28.3 Å². The molecule has 0 fully saturated rings. The van der Waals surface area contributed by atoms with Crippen molar-refractivity contribution in [2.75, 3.05) is 6.61 Å². The number of fused-ring (bicyclic) bond motifs is 1. The van der Waals surface area contributed by atoms with Gasteiger partial charge in [0.2, 0.25) is 0 Å². The first-order valence-corrected chi connectivity index (χ1v) is 6.71. The molecule has 0 radical (unpaired) electrons. The zero-order chi connectivity index (χ0) is 15.4. The van der Waals surface area contributed by atoms with Crippen molar-refractivity contribution in [2.24, 2.45) is 0 Å². The Labute approximate surface area is 126 Å². The van der Waals surface area contributed by atoms with Crippen LogP contribution < -0.4 is 0 Å². The van der Waals surface area contributed by atoms with Crippen molar-refractivity contribution >= 4 is 22.8 Å². The summed E-state index contributed by atoms with van der Waals surface area (Å²) >= 11 is 0. The van der Waals surface area contributed by atoms with E-state index in [1.165, 1.54) is 6.20 Å². The minimum atomic E-state index is -0.664. The molecule has 0 saturated carbocycles. The number of rotatable bonds is 4. The largest absolute Gasteiger partial charge is 0.453 e. The predicted octanol–water partition coefficient (Wildman–Crippen LogP) is 2.67. The summed E-state index contributed by atoms with van der Waals surface area (Å²) in [7, 11) is 0. The molecule has 2 aromatic carbocycles. The quantitative estimate of drug-likeness (QED) is 0.546. The highest BCUT2D eigenvalue weighted by Gasteiger charge is 2.13. The van der Waals surface area contributed by atoms with Crippen LogP contribution in [0.25, 0.3) is 11.0 Å². The van der Waals surface area contributed by atoms with Crippen LogP contribution in [0.2, 0.25) is 0 Å². The number of esters is 1. The van der Waals surface area contributed by atoms with Crippen LogP contribution >= 0.6 is 0 Å². The van der Waals surface area contributed by atoms with E-state index in [0.29, 0.717) is 16.6 Å². The van der Waals surface area contributed by atoms with Gasteiger partial charge >= 0.3 is 5.97 Å². The van der Waals surface area contributed by atoms with Crippen molar-refractivity contribution in [3.05, 3.63) is 72.1 Å². The molecule has 5 heteroatoms. The molecule has 0 aliphatic rings. The molecule has 0 amide bonds. The van der Waals surface area contributed by atoms with E-state index in [1.807, 2.05) is 18.2 Å². The Morgan fingerprint density at radius 2 is 1.59 bits per heavy atom. The molecule has 0 aliphatic heterocycles. The summed E-state index contributed by atoms with van der Waals surface area (Å²) in [6.45, 7) is -0.322. The van der Waals surface area contributed by atoms with Crippen LogP contribution in [0.4, 0.5) is 0 Å². The number of hydrogen-bond acceptors (Lipinski definition) is 5. The van der Waals surface area contributed by atoms with Gasteiger partial charge in [-0.1, -0.05) is 42.5 Å². The molecule has 0 aliphatic carbocycles. The third-order valence-corrected chi connectivity index (χ3v) is 3.09. The van der Waals surface area contributed by atoms with E-state index < -0.39 is 5.97 Å². The molecule has 1 heterocycles. The molecule has 0 spiro atoms. The minimum Gasteiger partial charge on any atom is -0.453 e. The van der Waals surface area contributed by atoms with Gasteiger partial charge in [-0.3, -0.25) is 9.78 Å². The van der Waals surface area contributed by atoms with Gasteiger partial charge in [0.05, 0.1) is 17.2 Å². The van der Waals surface area contributed by atoms with E-state index in [4.69, 9.17) is 4.74 Å². The normalized spacial score (nSPS) is 10.4. The second-order valence-corrected chi connectivity index (χ2v) is 4.61. The Morgan fingerprint density at radius 1 is 0.909 bits per heavy atom. The van der Waals surface area contributed by atoms with Crippen LogP contribution in [-0.2, 0) is 4.74 Å². The number of hydrogen-bond donors (Lipinski definition) is 0. The SMILES string of the molecule is O=C(COC(=O)c1cnc2ccccc2n1)c1ccccc1. The molecule has 0 unspecified atom stereocenters. The maximum Gasteiger partial charge on any atom is 0.359 e. The first kappa shape index (κ1) is 13.9. The Kier molecular flexibility index (Phi) is 3.87. The van der Waals surface area contributed by atoms with Crippen molar-refractivity contribution in [1.29, 1.82) is 0 Å². The van der Waals surface area contributed by atoms with Gasteiger partial charge < -0.3 is 4.74 Å². The summed E-state index contributed by atoms with van der Waals surface area (Å²) in [6.07, 6.45) is 1.34. The van der Waals surface area contributed by atoms with Crippen molar-refractivity contribution in [3.63, 3.8) is 0 Å². The van der Waals surface area contributed by atoms with Crippen molar-refractivity contribution in [1.82, 2.24) is 9.97 Å². The maximum atomic E-state index is 11.9. The second-order valence-electron chi connectivity index (χ2n) is 4.61. The molecule has 22 heavy (non-hydrogen) atoms. The van der Waals surface area contributed by atoms with E-state index in [9.17, 15) is 9.59 Å². The molecular formula is C17H12N2O3. The first-order valence-electron chi connectivity index (χ1n) is 6.71. The summed E-state index contributed by atoms with van der Waals surface area (Å²) in [5.41, 5.74) is 1.88. The van der Waals surface area contributed by atoms with Crippen molar-refractivity contribution in [3.8, 4) is 0 Å². The van der Waals surface area contributed by atoms with Gasteiger partial charge in [0.25, 0.3) is 0 Å². The third kappa shape index (κ3) is 2.98. The summed E-state index contributed by atoms with van der Waals surface area (Å²) in [6, 6.07) is 15.9. The number of aromatic nitrogens is 2. The van der Waals surface area contributed by atoms with Crippen LogP contribution in [0.5, 0.6) is 0 Å².